The summed E-state index contributed by atoms with van der Waals surface area (Å²) in [6, 6.07) is 0. The van der Waals surface area contributed by atoms with Gasteiger partial charge in [-0.1, -0.05) is 13.3 Å². The zero-order chi connectivity index (χ0) is 12.4. The highest BCUT2D eigenvalue weighted by atomic mass is 16.5. The summed E-state index contributed by atoms with van der Waals surface area (Å²) in [5.74, 6) is 0.707. The molecule has 0 radical (unpaired) electrons. The van der Waals surface area contributed by atoms with Gasteiger partial charge in [-0.3, -0.25) is 0 Å². The molecule has 1 rings (SSSR count). The van der Waals surface area contributed by atoms with Crippen molar-refractivity contribution in [3.8, 4) is 0 Å². The smallest absolute Gasteiger partial charge is 0.0945 e. The Morgan fingerprint density at radius 1 is 1.62 bits per heavy atom. The summed E-state index contributed by atoms with van der Waals surface area (Å²) in [6.07, 6.45) is 4.23. The lowest BCUT2D eigenvalue weighted by molar-refractivity contribution is -0.148. The Balaban J connectivity index is 2.88. The first kappa shape index (κ1) is 13.9. The highest BCUT2D eigenvalue weighted by Crippen LogP contribution is 2.50. The van der Waals surface area contributed by atoms with E-state index in [0.29, 0.717) is 12.5 Å². The minimum absolute atomic E-state index is 0.164. The molecule has 0 aliphatic heterocycles. The van der Waals surface area contributed by atoms with E-state index in [1.807, 2.05) is 13.8 Å². The van der Waals surface area contributed by atoms with Crippen LogP contribution in [-0.2, 0) is 4.74 Å². The molecule has 0 saturated heterocycles. The van der Waals surface area contributed by atoms with Crippen molar-refractivity contribution < 1.29 is 9.84 Å². The van der Waals surface area contributed by atoms with Gasteiger partial charge in [-0.15, -0.1) is 0 Å². The first-order chi connectivity index (χ1) is 7.43. The summed E-state index contributed by atoms with van der Waals surface area (Å²) in [4.78, 5) is 0. The third-order valence-corrected chi connectivity index (χ3v) is 4.90. The largest absolute Gasteiger partial charge is 0.387 e. The van der Waals surface area contributed by atoms with Crippen LogP contribution in [0.25, 0.3) is 0 Å². The van der Waals surface area contributed by atoms with Crippen molar-refractivity contribution in [2.75, 3.05) is 13.7 Å². The molecule has 1 aliphatic carbocycles. The van der Waals surface area contributed by atoms with Crippen molar-refractivity contribution in [3.05, 3.63) is 0 Å². The maximum atomic E-state index is 10.7. The fourth-order valence-corrected chi connectivity index (χ4v) is 3.10. The Morgan fingerprint density at radius 3 is 2.62 bits per heavy atom. The molecular formula is C13H27NO2. The molecule has 0 heterocycles. The van der Waals surface area contributed by atoms with E-state index < -0.39 is 5.60 Å². The molecule has 0 amide bonds. The summed E-state index contributed by atoms with van der Waals surface area (Å²) in [5, 5.41) is 10.7. The minimum Gasteiger partial charge on any atom is -0.387 e. The molecule has 1 saturated carbocycles. The zero-order valence-corrected chi connectivity index (χ0v) is 11.1. The van der Waals surface area contributed by atoms with Crippen LogP contribution >= 0.6 is 0 Å². The number of methoxy groups -OCH3 is 1. The maximum Gasteiger partial charge on any atom is 0.0945 e. The van der Waals surface area contributed by atoms with Gasteiger partial charge in [0.2, 0.25) is 0 Å². The van der Waals surface area contributed by atoms with Crippen LogP contribution in [-0.4, -0.2) is 30.5 Å². The van der Waals surface area contributed by atoms with Crippen LogP contribution in [0.1, 0.15) is 46.5 Å². The van der Waals surface area contributed by atoms with Crippen molar-refractivity contribution in [3.63, 3.8) is 0 Å². The molecule has 3 heteroatoms. The summed E-state index contributed by atoms with van der Waals surface area (Å²) in [5.41, 5.74) is 4.95. The predicted molar refractivity (Wildman–Crippen MR) is 66.2 cm³/mol. The molecule has 3 N–H and O–H groups in total. The second kappa shape index (κ2) is 5.03. The Hall–Kier alpha value is -0.120. The van der Waals surface area contributed by atoms with Gasteiger partial charge in [0.1, 0.15) is 0 Å². The van der Waals surface area contributed by atoms with Gasteiger partial charge in [0.05, 0.1) is 11.7 Å². The van der Waals surface area contributed by atoms with Crippen LogP contribution in [0.3, 0.4) is 0 Å². The van der Waals surface area contributed by atoms with Crippen LogP contribution in [0, 0.1) is 11.3 Å². The first-order valence-corrected chi connectivity index (χ1v) is 6.38. The topological polar surface area (TPSA) is 55.5 Å². The fraction of sp³-hybridized carbons (Fsp3) is 1.00. The molecule has 3 nitrogen and oxygen atoms in total. The molecule has 0 aromatic rings. The number of nitrogens with two attached hydrogens (primary N) is 1. The SMILES string of the molecule is CCC1CCC(CN)(C(C)(O)C(C)OC)C1. The fourth-order valence-electron chi connectivity index (χ4n) is 3.10. The molecule has 96 valence electrons. The van der Waals surface area contributed by atoms with Crippen LogP contribution < -0.4 is 5.73 Å². The van der Waals surface area contributed by atoms with Gasteiger partial charge in [-0.05, 0) is 39.0 Å². The van der Waals surface area contributed by atoms with Crippen molar-refractivity contribution in [1.29, 1.82) is 0 Å². The third kappa shape index (κ3) is 2.13. The Kier molecular flexibility index (Phi) is 4.38. The van der Waals surface area contributed by atoms with Gasteiger partial charge >= 0.3 is 0 Å². The molecule has 4 atom stereocenters. The van der Waals surface area contributed by atoms with E-state index in [0.717, 1.165) is 12.8 Å². The van der Waals surface area contributed by atoms with Gasteiger partial charge in [0.25, 0.3) is 0 Å². The summed E-state index contributed by atoms with van der Waals surface area (Å²) >= 11 is 0. The van der Waals surface area contributed by atoms with Crippen LogP contribution in [0.5, 0.6) is 0 Å². The van der Waals surface area contributed by atoms with Gasteiger partial charge in [-0.2, -0.15) is 0 Å². The highest BCUT2D eigenvalue weighted by Gasteiger charge is 2.52. The molecule has 0 aromatic carbocycles. The monoisotopic (exact) mass is 229 g/mol. The summed E-state index contributed by atoms with van der Waals surface area (Å²) < 4.78 is 5.32. The van der Waals surface area contributed by atoms with Crippen molar-refractivity contribution >= 4 is 0 Å². The van der Waals surface area contributed by atoms with Gasteiger partial charge in [0.15, 0.2) is 0 Å². The summed E-state index contributed by atoms with van der Waals surface area (Å²) in [6.45, 7) is 6.57. The molecule has 1 aliphatic rings. The Labute approximate surface area is 99.4 Å². The third-order valence-electron chi connectivity index (χ3n) is 4.90. The van der Waals surface area contributed by atoms with E-state index in [-0.39, 0.29) is 11.5 Å². The standard InChI is InChI=1S/C13H27NO2/c1-5-11-6-7-13(8-11,9-14)12(3,15)10(2)16-4/h10-11,15H,5-9,14H2,1-4H3. The number of aliphatic hydroxyl groups is 1. The Bertz CT molecular complexity index is 230. The van der Waals surface area contributed by atoms with Crippen molar-refractivity contribution in [2.45, 2.75) is 58.2 Å². The Morgan fingerprint density at radius 2 is 2.25 bits per heavy atom. The quantitative estimate of drug-likeness (QED) is 0.757. The van der Waals surface area contributed by atoms with Gasteiger partial charge in [0, 0.05) is 19.1 Å². The van der Waals surface area contributed by atoms with Gasteiger partial charge < -0.3 is 15.6 Å². The molecule has 16 heavy (non-hydrogen) atoms. The number of rotatable bonds is 5. The molecule has 0 aromatic heterocycles. The molecular weight excluding hydrogens is 202 g/mol. The lowest BCUT2D eigenvalue weighted by atomic mass is 9.68. The van der Waals surface area contributed by atoms with E-state index in [2.05, 4.69) is 6.92 Å². The average Bonchev–Trinajstić information content (AvgIpc) is 2.73. The second-order valence-corrected chi connectivity index (χ2v) is 5.53. The van der Waals surface area contributed by atoms with Crippen LogP contribution in [0.15, 0.2) is 0 Å². The van der Waals surface area contributed by atoms with Crippen LogP contribution in [0.2, 0.25) is 0 Å². The number of hydrogen-bond donors (Lipinski definition) is 2. The van der Waals surface area contributed by atoms with E-state index in [1.165, 1.54) is 12.8 Å². The van der Waals surface area contributed by atoms with Gasteiger partial charge in [-0.25, -0.2) is 0 Å². The molecule has 1 fully saturated rings. The normalized spacial score (nSPS) is 36.0. The van der Waals surface area contributed by atoms with Crippen LogP contribution in [0.4, 0.5) is 0 Å². The lowest BCUT2D eigenvalue weighted by Crippen LogP contribution is -2.56. The molecule has 0 bridgehead atoms. The van der Waals surface area contributed by atoms with E-state index in [1.54, 1.807) is 7.11 Å². The summed E-state index contributed by atoms with van der Waals surface area (Å²) in [7, 11) is 1.65. The lowest BCUT2D eigenvalue weighted by Gasteiger charge is -2.45. The average molecular weight is 229 g/mol. The van der Waals surface area contributed by atoms with E-state index in [4.69, 9.17) is 10.5 Å². The van der Waals surface area contributed by atoms with E-state index in [9.17, 15) is 5.11 Å². The molecule has 0 spiro atoms. The highest BCUT2D eigenvalue weighted by molar-refractivity contribution is 5.04. The minimum atomic E-state index is -0.833. The zero-order valence-electron chi connectivity index (χ0n) is 11.1. The van der Waals surface area contributed by atoms with Crippen molar-refractivity contribution in [1.82, 2.24) is 0 Å². The number of ether oxygens (including phenoxy) is 1. The second-order valence-electron chi connectivity index (χ2n) is 5.53. The maximum absolute atomic E-state index is 10.7. The number of hydrogen-bond acceptors (Lipinski definition) is 3. The predicted octanol–water partition coefficient (Wildman–Crippen LogP) is 1.93. The van der Waals surface area contributed by atoms with Crippen molar-refractivity contribution in [2.24, 2.45) is 17.1 Å². The molecule has 4 unspecified atom stereocenters. The first-order valence-electron chi connectivity index (χ1n) is 6.38. The van der Waals surface area contributed by atoms with E-state index >= 15 is 0 Å².